The number of carboxylic acid groups (broad SMARTS) is 3. The summed E-state index contributed by atoms with van der Waals surface area (Å²) in [5.74, 6) is -7.01. The fourth-order valence-corrected chi connectivity index (χ4v) is 4.42. The molecule has 0 unspecified atom stereocenters. The minimum Gasteiger partial charge on any atom is -0.481 e. The average Bonchev–Trinajstić information content (AvgIpc) is 3.37. The summed E-state index contributed by atoms with van der Waals surface area (Å²) in [7, 11) is 0. The number of amides is 3. The number of para-hydroxylation sites is 1. The van der Waals surface area contributed by atoms with Crippen molar-refractivity contribution in [2.75, 3.05) is 0 Å². The lowest BCUT2D eigenvalue weighted by atomic mass is 10.0. The van der Waals surface area contributed by atoms with Crippen molar-refractivity contribution in [3.05, 3.63) is 71.9 Å². The molecule has 3 aromatic rings. The molecule has 3 amide bonds. The van der Waals surface area contributed by atoms with E-state index >= 15 is 0 Å². The molecule has 0 aliphatic rings. The molecular formula is C29H33N5O9. The van der Waals surface area contributed by atoms with Gasteiger partial charge >= 0.3 is 17.9 Å². The van der Waals surface area contributed by atoms with Crippen molar-refractivity contribution in [1.82, 2.24) is 20.9 Å². The van der Waals surface area contributed by atoms with E-state index in [1.807, 2.05) is 24.3 Å². The second-order valence-corrected chi connectivity index (χ2v) is 9.91. The number of H-pyrrole nitrogens is 1. The van der Waals surface area contributed by atoms with E-state index in [1.165, 1.54) is 0 Å². The summed E-state index contributed by atoms with van der Waals surface area (Å²) in [6, 6.07) is 9.96. The molecule has 14 heteroatoms. The highest BCUT2D eigenvalue weighted by molar-refractivity contribution is 5.96. The zero-order valence-corrected chi connectivity index (χ0v) is 23.0. The van der Waals surface area contributed by atoms with Crippen molar-refractivity contribution < 1.29 is 44.1 Å². The Labute approximate surface area is 245 Å². The van der Waals surface area contributed by atoms with E-state index < -0.39 is 72.6 Å². The van der Waals surface area contributed by atoms with Crippen LogP contribution in [-0.4, -0.2) is 80.1 Å². The maximum atomic E-state index is 13.2. The Morgan fingerprint density at radius 2 is 1.33 bits per heavy atom. The van der Waals surface area contributed by atoms with Crippen molar-refractivity contribution in [1.29, 1.82) is 0 Å². The van der Waals surface area contributed by atoms with E-state index in [0.717, 1.165) is 16.5 Å². The van der Waals surface area contributed by atoms with Crippen LogP contribution in [0.1, 0.15) is 30.4 Å². The van der Waals surface area contributed by atoms with Gasteiger partial charge in [0.15, 0.2) is 0 Å². The Morgan fingerprint density at radius 3 is 1.98 bits per heavy atom. The quantitative estimate of drug-likeness (QED) is 0.111. The number of benzene rings is 2. The molecule has 228 valence electrons. The number of carbonyl (C=O) groups excluding carboxylic acids is 3. The van der Waals surface area contributed by atoms with Gasteiger partial charge in [-0.05, 0) is 30.0 Å². The lowest BCUT2D eigenvalue weighted by Gasteiger charge is -2.24. The van der Waals surface area contributed by atoms with Crippen LogP contribution < -0.4 is 21.7 Å². The minimum atomic E-state index is -1.73. The number of carbonyl (C=O) groups is 6. The van der Waals surface area contributed by atoms with E-state index in [-0.39, 0.29) is 19.3 Å². The Balaban J connectivity index is 1.71. The lowest BCUT2D eigenvalue weighted by molar-refractivity contribution is -0.143. The van der Waals surface area contributed by atoms with Gasteiger partial charge in [-0.1, -0.05) is 48.5 Å². The first-order valence-corrected chi connectivity index (χ1v) is 13.4. The van der Waals surface area contributed by atoms with Gasteiger partial charge in [0.25, 0.3) is 0 Å². The number of aromatic amines is 1. The smallest absolute Gasteiger partial charge is 0.326 e. The van der Waals surface area contributed by atoms with Crippen LogP contribution >= 0.6 is 0 Å². The Morgan fingerprint density at radius 1 is 0.721 bits per heavy atom. The molecule has 0 fully saturated rings. The van der Waals surface area contributed by atoms with E-state index in [2.05, 4.69) is 20.9 Å². The highest BCUT2D eigenvalue weighted by Crippen LogP contribution is 2.19. The normalized spacial score (nSPS) is 13.7. The molecule has 0 aliphatic carbocycles. The zero-order valence-electron chi connectivity index (χ0n) is 23.0. The third kappa shape index (κ3) is 9.67. The molecule has 2 aromatic carbocycles. The fraction of sp³-hybridized carbons (Fsp3) is 0.310. The van der Waals surface area contributed by atoms with Crippen molar-refractivity contribution in [3.8, 4) is 0 Å². The van der Waals surface area contributed by atoms with E-state index in [4.69, 9.17) is 10.8 Å². The second-order valence-electron chi connectivity index (χ2n) is 9.91. The number of hydrogen-bond acceptors (Lipinski definition) is 7. The molecule has 1 heterocycles. The van der Waals surface area contributed by atoms with Gasteiger partial charge in [0.05, 0.1) is 12.5 Å². The van der Waals surface area contributed by atoms with Crippen LogP contribution in [0.4, 0.5) is 0 Å². The van der Waals surface area contributed by atoms with Gasteiger partial charge in [-0.3, -0.25) is 24.0 Å². The number of aliphatic carboxylic acids is 3. The highest BCUT2D eigenvalue weighted by Gasteiger charge is 2.32. The van der Waals surface area contributed by atoms with Crippen molar-refractivity contribution >= 4 is 46.5 Å². The predicted molar refractivity (Wildman–Crippen MR) is 153 cm³/mol. The van der Waals surface area contributed by atoms with Gasteiger partial charge in [-0.2, -0.15) is 0 Å². The van der Waals surface area contributed by atoms with Crippen LogP contribution in [0.3, 0.4) is 0 Å². The van der Waals surface area contributed by atoms with Gasteiger partial charge in [0.2, 0.25) is 17.7 Å². The first-order valence-electron chi connectivity index (χ1n) is 13.4. The van der Waals surface area contributed by atoms with Crippen LogP contribution in [0.25, 0.3) is 10.9 Å². The summed E-state index contributed by atoms with van der Waals surface area (Å²) in [6.07, 6.45) is -0.158. The van der Waals surface area contributed by atoms with E-state index in [0.29, 0.717) is 5.56 Å². The summed E-state index contributed by atoms with van der Waals surface area (Å²) in [6.45, 7) is 0. The van der Waals surface area contributed by atoms with Crippen molar-refractivity contribution in [3.63, 3.8) is 0 Å². The van der Waals surface area contributed by atoms with Gasteiger partial charge in [0, 0.05) is 29.9 Å². The molecule has 0 aliphatic heterocycles. The molecule has 4 atom stereocenters. The number of hydrogen-bond donors (Lipinski definition) is 8. The summed E-state index contributed by atoms with van der Waals surface area (Å²) < 4.78 is 0. The summed E-state index contributed by atoms with van der Waals surface area (Å²) in [4.78, 5) is 76.6. The molecule has 3 rings (SSSR count). The van der Waals surface area contributed by atoms with Crippen LogP contribution in [0.15, 0.2) is 60.8 Å². The number of fused-ring (bicyclic) bond motifs is 1. The molecule has 0 radical (unpaired) electrons. The molecule has 1 aromatic heterocycles. The molecule has 0 spiro atoms. The Kier molecular flexibility index (Phi) is 11.3. The van der Waals surface area contributed by atoms with Crippen LogP contribution in [0.2, 0.25) is 0 Å². The molecule has 0 saturated carbocycles. The average molecular weight is 596 g/mol. The second kappa shape index (κ2) is 15.1. The van der Waals surface area contributed by atoms with Crippen molar-refractivity contribution in [2.45, 2.75) is 56.3 Å². The van der Waals surface area contributed by atoms with Gasteiger partial charge < -0.3 is 42.0 Å². The van der Waals surface area contributed by atoms with E-state index in [9.17, 15) is 39.0 Å². The molecule has 0 bridgehead atoms. The first-order chi connectivity index (χ1) is 20.4. The van der Waals surface area contributed by atoms with Gasteiger partial charge in [0.1, 0.15) is 18.1 Å². The number of nitrogens with two attached hydrogens (primary N) is 1. The minimum absolute atomic E-state index is 0.0884. The van der Waals surface area contributed by atoms with Crippen LogP contribution in [0, 0.1) is 0 Å². The fourth-order valence-electron chi connectivity index (χ4n) is 4.42. The Bertz CT molecular complexity index is 1470. The maximum Gasteiger partial charge on any atom is 0.326 e. The molecule has 14 nitrogen and oxygen atoms in total. The van der Waals surface area contributed by atoms with Crippen LogP contribution in [-0.2, 0) is 41.6 Å². The molecular weight excluding hydrogens is 562 g/mol. The number of aromatic nitrogens is 1. The highest BCUT2D eigenvalue weighted by atomic mass is 16.4. The molecule has 9 N–H and O–H groups in total. The predicted octanol–water partition coefficient (Wildman–Crippen LogP) is 0.159. The summed E-state index contributed by atoms with van der Waals surface area (Å²) in [5, 5.41) is 35.8. The lowest BCUT2D eigenvalue weighted by Crippen LogP contribution is -2.57. The van der Waals surface area contributed by atoms with E-state index in [1.54, 1.807) is 36.5 Å². The van der Waals surface area contributed by atoms with Crippen molar-refractivity contribution in [2.24, 2.45) is 5.73 Å². The maximum absolute atomic E-state index is 13.2. The molecule has 0 saturated heterocycles. The topological polar surface area (TPSA) is 241 Å². The third-order valence-corrected chi connectivity index (χ3v) is 6.64. The standard InChI is InChI=1S/C29H33N5O9/c30-19(13-17-15-31-20-9-5-4-8-18(17)20)26(39)32-21(10-11-24(35)36)27(40)33-22(14-25(37)38)28(41)34-23(29(42)43)12-16-6-2-1-3-7-16/h1-9,15,19,21-23,31H,10-14,30H2,(H,32,39)(H,33,40)(H,34,41)(H,35,36)(H,37,38)(H,42,43)/t19-,21-,22-,23-/m0/s1. The number of rotatable bonds is 16. The SMILES string of the molecule is N[C@@H](Cc1c[nH]c2ccccc12)C(=O)N[C@@H](CCC(=O)O)C(=O)N[C@@H](CC(=O)O)C(=O)N[C@@H](Cc1ccccc1)C(=O)O. The monoisotopic (exact) mass is 595 g/mol. The molecule has 43 heavy (non-hydrogen) atoms. The largest absolute Gasteiger partial charge is 0.481 e. The number of nitrogens with one attached hydrogen (secondary N) is 4. The van der Waals surface area contributed by atoms with Crippen LogP contribution in [0.5, 0.6) is 0 Å². The summed E-state index contributed by atoms with van der Waals surface area (Å²) in [5.41, 5.74) is 8.26. The Hall–Kier alpha value is -5.24. The summed E-state index contributed by atoms with van der Waals surface area (Å²) >= 11 is 0. The van der Waals surface area contributed by atoms with Gasteiger partial charge in [-0.25, -0.2) is 4.79 Å². The number of carboxylic acids is 3. The van der Waals surface area contributed by atoms with Gasteiger partial charge in [-0.15, -0.1) is 0 Å². The first kappa shape index (κ1) is 32.3. The third-order valence-electron chi connectivity index (χ3n) is 6.64. The zero-order chi connectivity index (χ0) is 31.5.